The average molecular weight is 356 g/mol. The molecular formula is C21H25FN2O2. The fourth-order valence-corrected chi connectivity index (χ4v) is 3.23. The van der Waals surface area contributed by atoms with Crippen molar-refractivity contribution < 1.29 is 14.3 Å². The maximum Gasteiger partial charge on any atom is 0.251 e. The summed E-state index contributed by atoms with van der Waals surface area (Å²) in [7, 11) is 0. The highest BCUT2D eigenvalue weighted by molar-refractivity contribution is 5.94. The Morgan fingerprint density at radius 3 is 2.35 bits per heavy atom. The molecule has 0 aromatic heterocycles. The van der Waals surface area contributed by atoms with Gasteiger partial charge < -0.3 is 10.4 Å². The van der Waals surface area contributed by atoms with Crippen LogP contribution in [0.5, 0.6) is 0 Å². The third-order valence-electron chi connectivity index (χ3n) is 4.78. The van der Waals surface area contributed by atoms with Gasteiger partial charge in [0.1, 0.15) is 5.82 Å². The summed E-state index contributed by atoms with van der Waals surface area (Å²) in [4.78, 5) is 14.7. The first-order valence-electron chi connectivity index (χ1n) is 9.15. The summed E-state index contributed by atoms with van der Waals surface area (Å²) >= 11 is 0. The summed E-state index contributed by atoms with van der Waals surface area (Å²) in [6.45, 7) is 3.29. The van der Waals surface area contributed by atoms with Crippen LogP contribution in [0.4, 0.5) is 4.39 Å². The first-order valence-corrected chi connectivity index (χ1v) is 9.15. The second-order valence-corrected chi connectivity index (χ2v) is 6.81. The van der Waals surface area contributed by atoms with Gasteiger partial charge in [0.05, 0.1) is 6.10 Å². The molecule has 2 aromatic carbocycles. The maximum atomic E-state index is 12.9. The topological polar surface area (TPSA) is 52.6 Å². The van der Waals surface area contributed by atoms with Crippen molar-refractivity contribution in [1.29, 1.82) is 0 Å². The van der Waals surface area contributed by atoms with Crippen molar-refractivity contribution in [2.45, 2.75) is 31.9 Å². The van der Waals surface area contributed by atoms with Crippen LogP contribution in [0, 0.1) is 5.82 Å². The highest BCUT2D eigenvalue weighted by Crippen LogP contribution is 2.15. The molecule has 4 nitrogen and oxygen atoms in total. The number of carbonyl (C=O) groups is 1. The number of benzene rings is 2. The van der Waals surface area contributed by atoms with Crippen LogP contribution in [0.1, 0.15) is 46.9 Å². The van der Waals surface area contributed by atoms with Gasteiger partial charge in [-0.2, -0.15) is 0 Å². The second kappa shape index (κ2) is 8.92. The number of hydrogen-bond donors (Lipinski definition) is 2. The Kier molecular flexibility index (Phi) is 6.36. The molecule has 1 heterocycles. The zero-order chi connectivity index (χ0) is 18.4. The molecule has 1 saturated heterocycles. The fraction of sp³-hybridized carbons (Fsp3) is 0.381. The Morgan fingerprint density at radius 1 is 1.04 bits per heavy atom. The Morgan fingerprint density at radius 2 is 1.69 bits per heavy atom. The molecule has 0 spiro atoms. The lowest BCUT2D eigenvalue weighted by atomic mass is 10.1. The minimum Gasteiger partial charge on any atom is -0.387 e. The second-order valence-electron chi connectivity index (χ2n) is 6.81. The smallest absolute Gasteiger partial charge is 0.251 e. The monoisotopic (exact) mass is 356 g/mol. The van der Waals surface area contributed by atoms with Crippen LogP contribution in [-0.2, 0) is 6.54 Å². The molecule has 5 heteroatoms. The van der Waals surface area contributed by atoms with Gasteiger partial charge in [-0.15, -0.1) is 0 Å². The van der Waals surface area contributed by atoms with Gasteiger partial charge in [-0.25, -0.2) is 4.39 Å². The van der Waals surface area contributed by atoms with E-state index in [9.17, 15) is 14.3 Å². The van der Waals surface area contributed by atoms with Crippen LogP contribution in [-0.4, -0.2) is 35.5 Å². The molecule has 26 heavy (non-hydrogen) atoms. The highest BCUT2D eigenvalue weighted by atomic mass is 19.1. The number of rotatable bonds is 6. The summed E-state index contributed by atoms with van der Waals surface area (Å²) in [5.74, 6) is -0.578. The third kappa shape index (κ3) is 5.13. The minimum absolute atomic E-state index is 0.0833. The molecule has 0 aliphatic carbocycles. The molecule has 2 aromatic rings. The van der Waals surface area contributed by atoms with Crippen molar-refractivity contribution in [3.8, 4) is 0 Å². The van der Waals surface area contributed by atoms with E-state index in [4.69, 9.17) is 0 Å². The van der Waals surface area contributed by atoms with Crippen molar-refractivity contribution in [1.82, 2.24) is 10.2 Å². The number of likely N-dealkylation sites (tertiary alicyclic amines) is 1. The number of amides is 1. The van der Waals surface area contributed by atoms with Gasteiger partial charge in [-0.3, -0.25) is 9.69 Å². The van der Waals surface area contributed by atoms with E-state index in [0.717, 1.165) is 19.6 Å². The van der Waals surface area contributed by atoms with E-state index in [-0.39, 0.29) is 18.3 Å². The van der Waals surface area contributed by atoms with E-state index >= 15 is 0 Å². The molecule has 2 N–H and O–H groups in total. The number of hydrogen-bond acceptors (Lipinski definition) is 3. The number of nitrogens with one attached hydrogen (secondary N) is 1. The minimum atomic E-state index is -0.863. The summed E-state index contributed by atoms with van der Waals surface area (Å²) in [6.07, 6.45) is 2.98. The largest absolute Gasteiger partial charge is 0.387 e. The molecule has 0 radical (unpaired) electrons. The summed E-state index contributed by atoms with van der Waals surface area (Å²) in [5, 5.41) is 12.8. The van der Waals surface area contributed by atoms with Crippen LogP contribution in [0.25, 0.3) is 0 Å². The van der Waals surface area contributed by atoms with E-state index in [0.29, 0.717) is 11.1 Å². The summed E-state index contributed by atoms with van der Waals surface area (Å²) in [5.41, 5.74) is 2.34. The Balaban J connectivity index is 1.50. The first-order chi connectivity index (χ1) is 12.6. The Hall–Kier alpha value is -2.24. The lowest BCUT2D eigenvalue weighted by molar-refractivity contribution is 0.0916. The van der Waals surface area contributed by atoms with E-state index in [1.165, 1.54) is 49.1 Å². The summed E-state index contributed by atoms with van der Waals surface area (Å²) < 4.78 is 12.9. The van der Waals surface area contributed by atoms with Crippen molar-refractivity contribution in [3.63, 3.8) is 0 Å². The normalized spacial score (nSPS) is 16.2. The molecule has 1 aliphatic rings. The Labute approximate surface area is 153 Å². The van der Waals surface area contributed by atoms with Gasteiger partial charge in [0.15, 0.2) is 0 Å². The van der Waals surface area contributed by atoms with Crippen LogP contribution in [0.2, 0.25) is 0 Å². The molecule has 3 rings (SSSR count). The molecule has 0 bridgehead atoms. The fourth-order valence-electron chi connectivity index (χ4n) is 3.23. The van der Waals surface area contributed by atoms with Gasteiger partial charge in [0, 0.05) is 18.7 Å². The van der Waals surface area contributed by atoms with E-state index in [2.05, 4.69) is 10.2 Å². The highest BCUT2D eigenvalue weighted by Gasteiger charge is 2.13. The van der Waals surface area contributed by atoms with Crippen LogP contribution >= 0.6 is 0 Å². The molecule has 1 atom stereocenters. The maximum absolute atomic E-state index is 12.9. The average Bonchev–Trinajstić information content (AvgIpc) is 2.68. The number of halogens is 1. The van der Waals surface area contributed by atoms with E-state index < -0.39 is 6.10 Å². The third-order valence-corrected chi connectivity index (χ3v) is 4.78. The summed E-state index contributed by atoms with van der Waals surface area (Å²) in [6, 6.07) is 13.2. The van der Waals surface area contributed by atoms with Gasteiger partial charge in [0.25, 0.3) is 5.91 Å². The molecule has 1 fully saturated rings. The van der Waals surface area contributed by atoms with Crippen molar-refractivity contribution >= 4 is 5.91 Å². The van der Waals surface area contributed by atoms with Crippen molar-refractivity contribution in [2.75, 3.05) is 19.6 Å². The number of carbonyl (C=O) groups excluding carboxylic acids is 1. The van der Waals surface area contributed by atoms with Gasteiger partial charge in [-0.05, 0) is 61.3 Å². The predicted molar refractivity (Wildman–Crippen MR) is 99.3 cm³/mol. The van der Waals surface area contributed by atoms with Crippen molar-refractivity contribution in [3.05, 3.63) is 71.0 Å². The quantitative estimate of drug-likeness (QED) is 0.835. The first kappa shape index (κ1) is 18.5. The van der Waals surface area contributed by atoms with Gasteiger partial charge >= 0.3 is 0 Å². The number of nitrogens with zero attached hydrogens (tertiary/aromatic N) is 1. The molecule has 0 unspecified atom stereocenters. The lowest BCUT2D eigenvalue weighted by Crippen LogP contribution is -2.29. The van der Waals surface area contributed by atoms with Crippen LogP contribution in [0.3, 0.4) is 0 Å². The standard InChI is InChI=1S/C21H25FN2O2/c22-19-10-8-17(9-11-19)20(25)14-23-21(26)18-6-4-16(5-7-18)15-24-12-2-1-3-13-24/h4-11,20,25H,1-3,12-15H2,(H,23,26)/t20-/m1/s1. The molecule has 138 valence electrons. The van der Waals surface area contributed by atoms with Crippen molar-refractivity contribution in [2.24, 2.45) is 0 Å². The molecule has 1 amide bonds. The Bertz CT molecular complexity index is 710. The van der Waals surface area contributed by atoms with Crippen LogP contribution in [0.15, 0.2) is 48.5 Å². The molecule has 0 saturated carbocycles. The van der Waals surface area contributed by atoms with Gasteiger partial charge in [-0.1, -0.05) is 30.7 Å². The van der Waals surface area contributed by atoms with Crippen LogP contribution < -0.4 is 5.32 Å². The zero-order valence-electron chi connectivity index (χ0n) is 14.8. The molecule has 1 aliphatic heterocycles. The predicted octanol–water partition coefficient (Wildman–Crippen LogP) is 3.28. The van der Waals surface area contributed by atoms with Gasteiger partial charge in [0.2, 0.25) is 0 Å². The number of aliphatic hydroxyl groups excluding tert-OH is 1. The zero-order valence-corrected chi connectivity index (χ0v) is 14.8. The number of piperidine rings is 1. The SMILES string of the molecule is O=C(NC[C@@H](O)c1ccc(F)cc1)c1ccc(CN2CCCCC2)cc1. The van der Waals surface area contributed by atoms with E-state index in [1.54, 1.807) is 0 Å². The van der Waals surface area contributed by atoms with E-state index in [1.807, 2.05) is 24.3 Å². The number of aliphatic hydroxyl groups is 1. The molecular weight excluding hydrogens is 331 g/mol. The lowest BCUT2D eigenvalue weighted by Gasteiger charge is -2.26.